The first-order chi connectivity index (χ1) is 29.4. The molecule has 0 unspecified atom stereocenters. The number of nitrogens with zero attached hydrogens (tertiary/aromatic N) is 2. The maximum absolute atomic E-state index is 12.9. The van der Waals surface area contributed by atoms with Crippen molar-refractivity contribution in [3.8, 4) is 22.3 Å². The smallest absolute Gasteiger partial charge is 0.335 e. The molecule has 61 heavy (non-hydrogen) atoms. The first-order valence-corrected chi connectivity index (χ1v) is 20.7. The molecule has 5 aromatic carbocycles. The lowest BCUT2D eigenvalue weighted by atomic mass is 9.98. The maximum Gasteiger partial charge on any atom is 0.335 e. The van der Waals surface area contributed by atoms with Crippen LogP contribution < -0.4 is 16.0 Å². The van der Waals surface area contributed by atoms with E-state index in [-0.39, 0.29) is 41.0 Å². The fraction of sp³-hybridized carbons (Fsp3) is 0.286. The van der Waals surface area contributed by atoms with Crippen molar-refractivity contribution in [2.45, 2.75) is 46.1 Å². The summed E-state index contributed by atoms with van der Waals surface area (Å²) in [4.78, 5) is 63.4. The number of aryl methyl sites for hydroxylation is 2. The third-order valence-corrected chi connectivity index (χ3v) is 11.3. The van der Waals surface area contributed by atoms with E-state index in [9.17, 15) is 24.0 Å². The highest BCUT2D eigenvalue weighted by molar-refractivity contribution is 6.04. The van der Waals surface area contributed by atoms with Crippen LogP contribution in [0.25, 0.3) is 22.3 Å². The van der Waals surface area contributed by atoms with Gasteiger partial charge >= 0.3 is 5.97 Å². The molecule has 3 aliphatic rings. The fourth-order valence-electron chi connectivity index (χ4n) is 7.21. The Labute approximate surface area is 355 Å². The first-order valence-electron chi connectivity index (χ1n) is 20.7. The van der Waals surface area contributed by atoms with Crippen LogP contribution in [0.5, 0.6) is 0 Å². The summed E-state index contributed by atoms with van der Waals surface area (Å²) < 4.78 is 0. The molecule has 1 saturated heterocycles. The van der Waals surface area contributed by atoms with Crippen molar-refractivity contribution in [2.75, 3.05) is 48.7 Å². The standard InChI is InChI=1S/C31H34N4O4.C18H17NO3/c1-21-2-11-27(33-31(39)25-9-10-25)18-28(21)23-5-7-24(8-6-23)30(38)32-26-12-3-22(4-13-26)19-34-14-16-35(17-15-34)29(37)20-36;1-11-2-9-15(19-17(20)13-5-6-13)10-16(11)12-3-7-14(8-4-12)18(21)22/h2-8,11-13,18,25,36H,9-10,14-17,19-20H2,1H3,(H,32,38)(H,33,39);2-4,7-10,13H,5-6H2,1H3,(H,19,20)(H,21,22). The summed E-state index contributed by atoms with van der Waals surface area (Å²) in [5.41, 5.74) is 10.3. The van der Waals surface area contributed by atoms with E-state index in [2.05, 4.69) is 20.9 Å². The Hall–Kier alpha value is -6.63. The quantitative estimate of drug-likeness (QED) is 0.0858. The molecule has 1 aliphatic heterocycles. The summed E-state index contributed by atoms with van der Waals surface area (Å²) in [5.74, 6) is -0.858. The van der Waals surface area contributed by atoms with Gasteiger partial charge in [0.2, 0.25) is 17.7 Å². The number of piperazine rings is 1. The number of aliphatic hydroxyl groups is 1. The van der Waals surface area contributed by atoms with Crippen LogP contribution in [0.4, 0.5) is 17.1 Å². The van der Waals surface area contributed by atoms with Crippen LogP contribution in [0.3, 0.4) is 0 Å². The molecular weight excluding hydrogens is 771 g/mol. The molecule has 1 heterocycles. The van der Waals surface area contributed by atoms with Crippen molar-refractivity contribution >= 4 is 46.7 Å². The number of amides is 4. The van der Waals surface area contributed by atoms with Gasteiger partial charge in [-0.1, -0.05) is 48.5 Å². The number of anilines is 3. The number of rotatable bonds is 12. The highest BCUT2D eigenvalue weighted by atomic mass is 16.4. The highest BCUT2D eigenvalue weighted by Gasteiger charge is 2.30. The second-order valence-electron chi connectivity index (χ2n) is 16.0. The topological polar surface area (TPSA) is 168 Å². The van der Waals surface area contributed by atoms with E-state index in [1.165, 1.54) is 0 Å². The number of hydrogen-bond donors (Lipinski definition) is 5. The number of aromatic carboxylic acids is 1. The summed E-state index contributed by atoms with van der Waals surface area (Å²) in [6.45, 7) is 7.12. The Morgan fingerprint density at radius 3 is 1.48 bits per heavy atom. The minimum atomic E-state index is -0.936. The van der Waals surface area contributed by atoms with Crippen LogP contribution in [-0.4, -0.2) is 82.4 Å². The molecule has 12 heteroatoms. The van der Waals surface area contributed by atoms with Gasteiger partial charge in [0.05, 0.1) is 5.56 Å². The van der Waals surface area contributed by atoms with Gasteiger partial charge < -0.3 is 31.1 Å². The molecule has 0 atom stereocenters. The van der Waals surface area contributed by atoms with Gasteiger partial charge in [-0.05, 0) is 139 Å². The molecule has 3 fully saturated rings. The minimum Gasteiger partial charge on any atom is -0.478 e. The zero-order valence-corrected chi connectivity index (χ0v) is 34.4. The molecule has 0 bridgehead atoms. The van der Waals surface area contributed by atoms with Gasteiger partial charge in [0, 0.05) is 67.2 Å². The van der Waals surface area contributed by atoms with E-state index >= 15 is 0 Å². The van der Waals surface area contributed by atoms with Gasteiger partial charge in [-0.15, -0.1) is 0 Å². The summed E-state index contributed by atoms with van der Waals surface area (Å²) in [6.07, 6.45) is 3.88. The molecule has 2 saturated carbocycles. The van der Waals surface area contributed by atoms with Gasteiger partial charge in [0.15, 0.2) is 0 Å². The average Bonchev–Trinajstić information content (AvgIpc) is 4.21. The van der Waals surface area contributed by atoms with Crippen LogP contribution >= 0.6 is 0 Å². The summed E-state index contributed by atoms with van der Waals surface area (Å²) in [6, 6.07) is 33.8. The van der Waals surface area contributed by atoms with Crippen molar-refractivity contribution in [1.29, 1.82) is 0 Å². The number of nitrogens with one attached hydrogen (secondary N) is 3. The van der Waals surface area contributed by atoms with Crippen LogP contribution in [0, 0.1) is 25.7 Å². The molecular formula is C49H51N5O7. The second-order valence-corrected chi connectivity index (χ2v) is 16.0. The largest absolute Gasteiger partial charge is 0.478 e. The molecule has 8 rings (SSSR count). The lowest BCUT2D eigenvalue weighted by Crippen LogP contribution is -2.49. The van der Waals surface area contributed by atoms with E-state index in [0.717, 1.165) is 101 Å². The van der Waals surface area contributed by atoms with Crippen molar-refractivity contribution in [1.82, 2.24) is 9.80 Å². The number of carbonyl (C=O) groups is 5. The molecule has 5 aromatic rings. The highest BCUT2D eigenvalue weighted by Crippen LogP contribution is 2.33. The summed E-state index contributed by atoms with van der Waals surface area (Å²) >= 11 is 0. The lowest BCUT2D eigenvalue weighted by molar-refractivity contribution is -0.136. The Morgan fingerprint density at radius 2 is 1.03 bits per heavy atom. The fourth-order valence-corrected chi connectivity index (χ4v) is 7.21. The van der Waals surface area contributed by atoms with Gasteiger partial charge in [-0.3, -0.25) is 24.1 Å². The molecule has 5 N–H and O–H groups in total. The molecule has 0 radical (unpaired) electrons. The number of benzene rings is 5. The minimum absolute atomic E-state index is 0.0797. The van der Waals surface area contributed by atoms with Crippen LogP contribution in [0.1, 0.15) is 63.1 Å². The Balaban J connectivity index is 0.000000215. The van der Waals surface area contributed by atoms with E-state index in [1.807, 2.05) is 98.8 Å². The van der Waals surface area contributed by atoms with Gasteiger partial charge in [-0.2, -0.15) is 0 Å². The monoisotopic (exact) mass is 821 g/mol. The molecule has 314 valence electrons. The third kappa shape index (κ3) is 11.4. The Kier molecular flexibility index (Phi) is 13.4. The number of carbonyl (C=O) groups excluding carboxylic acids is 4. The number of carboxylic acid groups (broad SMARTS) is 1. The SMILES string of the molecule is Cc1ccc(NC(=O)C2CC2)cc1-c1ccc(C(=O)Nc2ccc(CN3CCN(C(=O)CO)CC3)cc2)cc1.Cc1ccc(NC(=O)C2CC2)cc1-c1ccc(C(=O)O)cc1. The number of carboxylic acids is 1. The molecule has 12 nitrogen and oxygen atoms in total. The Morgan fingerprint density at radius 1 is 0.574 bits per heavy atom. The summed E-state index contributed by atoms with van der Waals surface area (Å²) in [7, 11) is 0. The molecule has 2 aliphatic carbocycles. The lowest BCUT2D eigenvalue weighted by Gasteiger charge is -2.34. The Bertz CT molecular complexity index is 2400. The predicted octanol–water partition coefficient (Wildman–Crippen LogP) is 7.61. The normalized spacial score (nSPS) is 14.9. The average molecular weight is 822 g/mol. The van der Waals surface area contributed by atoms with E-state index in [4.69, 9.17) is 10.2 Å². The van der Waals surface area contributed by atoms with Crippen LogP contribution in [0.2, 0.25) is 0 Å². The van der Waals surface area contributed by atoms with E-state index in [1.54, 1.807) is 29.2 Å². The number of hydrogen-bond acceptors (Lipinski definition) is 7. The number of aliphatic hydroxyl groups excluding tert-OH is 1. The molecule has 0 aromatic heterocycles. The van der Waals surface area contributed by atoms with Gasteiger partial charge in [0.25, 0.3) is 5.91 Å². The zero-order valence-electron chi connectivity index (χ0n) is 34.4. The van der Waals surface area contributed by atoms with Crippen molar-refractivity contribution in [3.63, 3.8) is 0 Å². The zero-order chi connectivity index (χ0) is 43.0. The van der Waals surface area contributed by atoms with E-state index in [0.29, 0.717) is 18.7 Å². The third-order valence-electron chi connectivity index (χ3n) is 11.3. The molecule has 0 spiro atoms. The van der Waals surface area contributed by atoms with Gasteiger partial charge in [-0.25, -0.2) is 4.79 Å². The summed E-state index contributed by atoms with van der Waals surface area (Å²) in [5, 5.41) is 26.9. The van der Waals surface area contributed by atoms with Crippen molar-refractivity contribution in [3.05, 3.63) is 137 Å². The predicted molar refractivity (Wildman–Crippen MR) is 236 cm³/mol. The van der Waals surface area contributed by atoms with Crippen molar-refractivity contribution < 1.29 is 34.2 Å². The van der Waals surface area contributed by atoms with Crippen LogP contribution in [0.15, 0.2) is 109 Å². The maximum atomic E-state index is 12.9. The first kappa shape index (κ1) is 42.5. The molecule has 4 amide bonds. The van der Waals surface area contributed by atoms with Crippen molar-refractivity contribution in [2.24, 2.45) is 11.8 Å². The van der Waals surface area contributed by atoms with Crippen LogP contribution in [-0.2, 0) is 20.9 Å². The van der Waals surface area contributed by atoms with E-state index < -0.39 is 12.6 Å². The second kappa shape index (κ2) is 19.2. The van der Waals surface area contributed by atoms with Gasteiger partial charge in [0.1, 0.15) is 6.61 Å².